The molecule has 2 rings (SSSR count). The smallest absolute Gasteiger partial charge is 0.0273 e. The van der Waals surface area contributed by atoms with E-state index >= 15 is 0 Å². The van der Waals surface area contributed by atoms with E-state index in [2.05, 4.69) is 36.2 Å². The van der Waals surface area contributed by atoms with Crippen molar-refractivity contribution >= 4 is 0 Å². The maximum atomic E-state index is 3.99. The second-order valence-electron chi connectivity index (χ2n) is 3.11. The molecule has 1 aromatic carbocycles. The Morgan fingerprint density at radius 3 is 2.13 bits per heavy atom. The van der Waals surface area contributed by atoms with Gasteiger partial charge in [0.25, 0.3) is 0 Å². The highest BCUT2D eigenvalue weighted by Crippen LogP contribution is 2.18. The lowest BCUT2D eigenvalue weighted by molar-refractivity contribution is 1.33. The van der Waals surface area contributed by atoms with Crippen LogP contribution in [-0.4, -0.2) is 4.98 Å². The summed E-state index contributed by atoms with van der Waals surface area (Å²) in [7, 11) is 0. The van der Waals surface area contributed by atoms with Gasteiger partial charge in [0.1, 0.15) is 0 Å². The van der Waals surface area contributed by atoms with Crippen LogP contribution in [-0.2, 0) is 0 Å². The summed E-state index contributed by atoms with van der Waals surface area (Å²) in [5.41, 5.74) is 3.76. The molecule has 0 saturated heterocycles. The van der Waals surface area contributed by atoms with Gasteiger partial charge in [-0.1, -0.05) is 43.7 Å². The van der Waals surface area contributed by atoms with Crippen LogP contribution in [0.3, 0.4) is 0 Å². The average Bonchev–Trinajstić information content (AvgIpc) is 2.33. The number of aromatic nitrogens is 1. The molecular weight excluding hydrogens is 182 g/mol. The zero-order valence-electron chi connectivity index (χ0n) is 9.57. The van der Waals surface area contributed by atoms with Crippen molar-refractivity contribution in [3.63, 3.8) is 0 Å². The number of pyridine rings is 1. The number of hydrogen-bond acceptors (Lipinski definition) is 1. The average molecular weight is 199 g/mol. The predicted octanol–water partition coefficient (Wildman–Crippen LogP) is 4.08. The van der Waals surface area contributed by atoms with Crippen molar-refractivity contribution in [3.05, 3.63) is 54.4 Å². The SMILES string of the molecule is CC.Cc1cccc(-c2ccncc2)c1. The van der Waals surface area contributed by atoms with Crippen LogP contribution in [0.25, 0.3) is 11.1 Å². The van der Waals surface area contributed by atoms with E-state index in [4.69, 9.17) is 0 Å². The van der Waals surface area contributed by atoms with Crippen molar-refractivity contribution in [1.29, 1.82) is 0 Å². The van der Waals surface area contributed by atoms with Gasteiger partial charge in [0.05, 0.1) is 0 Å². The molecule has 1 heterocycles. The lowest BCUT2D eigenvalue weighted by atomic mass is 10.1. The first-order valence-corrected chi connectivity index (χ1v) is 5.33. The zero-order chi connectivity index (χ0) is 11.1. The van der Waals surface area contributed by atoms with Gasteiger partial charge in [-0.15, -0.1) is 0 Å². The second kappa shape index (κ2) is 5.97. The molecule has 0 aliphatic carbocycles. The molecule has 0 aliphatic rings. The van der Waals surface area contributed by atoms with Crippen LogP contribution < -0.4 is 0 Å². The van der Waals surface area contributed by atoms with Gasteiger partial charge < -0.3 is 0 Å². The van der Waals surface area contributed by atoms with Gasteiger partial charge in [-0.2, -0.15) is 0 Å². The quantitative estimate of drug-likeness (QED) is 0.674. The predicted molar refractivity (Wildman–Crippen MR) is 65.8 cm³/mol. The fourth-order valence-corrected chi connectivity index (χ4v) is 1.37. The number of hydrogen-bond donors (Lipinski definition) is 0. The van der Waals surface area contributed by atoms with Crippen LogP contribution in [0.1, 0.15) is 19.4 Å². The first-order chi connectivity index (χ1) is 7.36. The van der Waals surface area contributed by atoms with E-state index in [0.29, 0.717) is 0 Å². The molecular formula is C14H17N. The standard InChI is InChI=1S/C12H11N.C2H6/c1-10-3-2-4-12(9-10)11-5-7-13-8-6-11;1-2/h2-9H,1H3;1-2H3. The number of nitrogens with zero attached hydrogens (tertiary/aromatic N) is 1. The summed E-state index contributed by atoms with van der Waals surface area (Å²) < 4.78 is 0. The summed E-state index contributed by atoms with van der Waals surface area (Å²) in [4.78, 5) is 3.99. The van der Waals surface area contributed by atoms with Crippen LogP contribution in [0, 0.1) is 6.92 Å². The molecule has 1 aromatic heterocycles. The molecule has 0 bridgehead atoms. The molecule has 2 aromatic rings. The Bertz CT molecular complexity index is 393. The van der Waals surface area contributed by atoms with Crippen molar-refractivity contribution in [2.45, 2.75) is 20.8 Å². The number of rotatable bonds is 1. The first kappa shape index (κ1) is 11.4. The van der Waals surface area contributed by atoms with Crippen LogP contribution in [0.5, 0.6) is 0 Å². The van der Waals surface area contributed by atoms with Crippen LogP contribution in [0.2, 0.25) is 0 Å². The van der Waals surface area contributed by atoms with E-state index < -0.39 is 0 Å². The molecule has 0 unspecified atom stereocenters. The zero-order valence-corrected chi connectivity index (χ0v) is 9.57. The third kappa shape index (κ3) is 3.21. The van der Waals surface area contributed by atoms with Crippen molar-refractivity contribution < 1.29 is 0 Å². The minimum absolute atomic E-state index is 1.22. The van der Waals surface area contributed by atoms with Crippen molar-refractivity contribution in [2.75, 3.05) is 0 Å². The summed E-state index contributed by atoms with van der Waals surface area (Å²) in [6.45, 7) is 6.10. The maximum absolute atomic E-state index is 3.99. The van der Waals surface area contributed by atoms with Gasteiger partial charge in [0.15, 0.2) is 0 Å². The summed E-state index contributed by atoms with van der Waals surface area (Å²) in [5.74, 6) is 0. The topological polar surface area (TPSA) is 12.9 Å². The van der Waals surface area contributed by atoms with Gasteiger partial charge in [0.2, 0.25) is 0 Å². The minimum atomic E-state index is 1.22. The fourth-order valence-electron chi connectivity index (χ4n) is 1.37. The Balaban J connectivity index is 0.000000531. The molecule has 0 amide bonds. The molecule has 0 saturated carbocycles. The van der Waals surface area contributed by atoms with E-state index in [-0.39, 0.29) is 0 Å². The van der Waals surface area contributed by atoms with E-state index in [1.807, 2.05) is 38.4 Å². The van der Waals surface area contributed by atoms with Gasteiger partial charge in [-0.05, 0) is 30.2 Å². The van der Waals surface area contributed by atoms with Gasteiger partial charge in [-0.25, -0.2) is 0 Å². The fraction of sp³-hybridized carbons (Fsp3) is 0.214. The molecule has 0 fully saturated rings. The Morgan fingerprint density at radius 1 is 0.867 bits per heavy atom. The number of aryl methyl sites for hydroxylation is 1. The van der Waals surface area contributed by atoms with Crippen molar-refractivity contribution in [2.24, 2.45) is 0 Å². The monoisotopic (exact) mass is 199 g/mol. The molecule has 1 heteroatoms. The van der Waals surface area contributed by atoms with E-state index in [1.165, 1.54) is 16.7 Å². The van der Waals surface area contributed by atoms with Crippen molar-refractivity contribution in [1.82, 2.24) is 4.98 Å². The molecule has 0 atom stereocenters. The molecule has 78 valence electrons. The van der Waals surface area contributed by atoms with Crippen LogP contribution in [0.15, 0.2) is 48.8 Å². The van der Waals surface area contributed by atoms with Crippen molar-refractivity contribution in [3.8, 4) is 11.1 Å². The molecule has 0 spiro atoms. The molecule has 0 N–H and O–H groups in total. The Kier molecular flexibility index (Phi) is 4.55. The van der Waals surface area contributed by atoms with E-state index in [1.54, 1.807) is 0 Å². The van der Waals surface area contributed by atoms with E-state index in [0.717, 1.165) is 0 Å². The molecule has 0 radical (unpaired) electrons. The molecule has 15 heavy (non-hydrogen) atoms. The molecule has 0 aliphatic heterocycles. The molecule has 1 nitrogen and oxygen atoms in total. The lowest BCUT2D eigenvalue weighted by Crippen LogP contribution is -1.79. The Labute approximate surface area is 91.8 Å². The van der Waals surface area contributed by atoms with E-state index in [9.17, 15) is 0 Å². The lowest BCUT2D eigenvalue weighted by Gasteiger charge is -2.01. The number of benzene rings is 1. The van der Waals surface area contributed by atoms with Crippen LogP contribution >= 0.6 is 0 Å². The first-order valence-electron chi connectivity index (χ1n) is 5.33. The third-order valence-electron chi connectivity index (χ3n) is 2.03. The van der Waals surface area contributed by atoms with Gasteiger partial charge in [0, 0.05) is 12.4 Å². The Morgan fingerprint density at radius 2 is 1.53 bits per heavy atom. The summed E-state index contributed by atoms with van der Waals surface area (Å²) in [6, 6.07) is 12.5. The highest BCUT2D eigenvalue weighted by Gasteiger charge is 1.95. The minimum Gasteiger partial charge on any atom is -0.265 e. The third-order valence-corrected chi connectivity index (χ3v) is 2.03. The summed E-state index contributed by atoms with van der Waals surface area (Å²) in [6.07, 6.45) is 3.63. The van der Waals surface area contributed by atoms with Crippen LogP contribution in [0.4, 0.5) is 0 Å². The highest BCUT2D eigenvalue weighted by atomic mass is 14.6. The second-order valence-corrected chi connectivity index (χ2v) is 3.11. The maximum Gasteiger partial charge on any atom is 0.0273 e. The highest BCUT2D eigenvalue weighted by molar-refractivity contribution is 5.63. The summed E-state index contributed by atoms with van der Waals surface area (Å²) >= 11 is 0. The van der Waals surface area contributed by atoms with Gasteiger partial charge >= 0.3 is 0 Å². The normalized spacial score (nSPS) is 9.00. The van der Waals surface area contributed by atoms with Gasteiger partial charge in [-0.3, -0.25) is 4.98 Å². The Hall–Kier alpha value is -1.63. The summed E-state index contributed by atoms with van der Waals surface area (Å²) in [5, 5.41) is 0. The largest absolute Gasteiger partial charge is 0.265 e.